The molecule has 0 aromatic carbocycles. The molecular weight excluding hydrogens is 322 g/mol. The highest BCUT2D eigenvalue weighted by molar-refractivity contribution is 6.02. The van der Waals surface area contributed by atoms with Crippen LogP contribution < -0.4 is 0 Å². The molecule has 10 heteroatoms. The van der Waals surface area contributed by atoms with Crippen molar-refractivity contribution in [2.45, 2.75) is 25.7 Å². The van der Waals surface area contributed by atoms with E-state index in [9.17, 15) is 24.0 Å². The van der Waals surface area contributed by atoms with Gasteiger partial charge in [-0.25, -0.2) is 0 Å². The van der Waals surface area contributed by atoms with E-state index in [2.05, 4.69) is 14.7 Å². The van der Waals surface area contributed by atoms with E-state index >= 15 is 0 Å². The molecule has 2 aliphatic heterocycles. The number of nitrogens with zero attached hydrogens (tertiary/aromatic N) is 3. The Morgan fingerprint density at radius 3 is 1.38 bits per heavy atom. The lowest BCUT2D eigenvalue weighted by molar-refractivity contribution is -0.198. The van der Waals surface area contributed by atoms with Crippen molar-refractivity contribution >= 4 is 29.8 Å². The van der Waals surface area contributed by atoms with Gasteiger partial charge in [-0.1, -0.05) is 16.2 Å². The van der Waals surface area contributed by atoms with Crippen LogP contribution in [0.2, 0.25) is 0 Å². The van der Waals surface area contributed by atoms with Crippen LogP contribution in [0.4, 0.5) is 4.79 Å². The van der Waals surface area contributed by atoms with Gasteiger partial charge in [0.05, 0.1) is 0 Å². The summed E-state index contributed by atoms with van der Waals surface area (Å²) in [7, 11) is 0. The van der Waals surface area contributed by atoms with Gasteiger partial charge in [-0.15, -0.1) is 0 Å². The van der Waals surface area contributed by atoms with E-state index in [-0.39, 0.29) is 35.8 Å². The highest BCUT2D eigenvalue weighted by atomic mass is 16.9. The SMILES string of the molecule is O=C(ON1C(=O)CCC1=O)ON1C(=O)CCC1=O.c1ccncc1. The van der Waals surface area contributed by atoms with Gasteiger partial charge in [-0.2, -0.15) is 4.79 Å². The molecule has 24 heavy (non-hydrogen) atoms. The van der Waals surface area contributed by atoms with Crippen molar-refractivity contribution in [3.63, 3.8) is 0 Å². The highest BCUT2D eigenvalue weighted by Gasteiger charge is 2.37. The van der Waals surface area contributed by atoms with Gasteiger partial charge in [0.25, 0.3) is 23.6 Å². The zero-order valence-corrected chi connectivity index (χ0v) is 12.4. The summed E-state index contributed by atoms with van der Waals surface area (Å²) in [5.74, 6) is -2.74. The van der Waals surface area contributed by atoms with E-state index in [1.54, 1.807) is 12.4 Å². The van der Waals surface area contributed by atoms with Crippen LogP contribution in [0.5, 0.6) is 0 Å². The number of aromatic nitrogens is 1. The summed E-state index contributed by atoms with van der Waals surface area (Å²) in [6, 6.07) is 5.72. The smallest absolute Gasteiger partial charge is 0.293 e. The third-order valence-electron chi connectivity index (χ3n) is 2.91. The van der Waals surface area contributed by atoms with Crippen LogP contribution in [0.1, 0.15) is 25.7 Å². The second-order valence-electron chi connectivity index (χ2n) is 4.62. The first-order valence-corrected chi connectivity index (χ1v) is 6.95. The van der Waals surface area contributed by atoms with E-state index in [0.717, 1.165) is 0 Å². The lowest BCUT2D eigenvalue weighted by Gasteiger charge is -2.15. The molecule has 4 amide bonds. The highest BCUT2D eigenvalue weighted by Crippen LogP contribution is 2.15. The molecule has 0 radical (unpaired) electrons. The molecule has 3 heterocycles. The number of pyridine rings is 1. The van der Waals surface area contributed by atoms with E-state index in [0.29, 0.717) is 0 Å². The predicted octanol–water partition coefficient (Wildman–Crippen LogP) is 0.349. The Bertz CT molecular complexity index is 563. The maximum absolute atomic E-state index is 11.2. The van der Waals surface area contributed by atoms with Crippen molar-refractivity contribution in [2.75, 3.05) is 0 Å². The zero-order chi connectivity index (χ0) is 17.5. The third-order valence-corrected chi connectivity index (χ3v) is 2.91. The molecule has 3 rings (SSSR count). The second-order valence-corrected chi connectivity index (χ2v) is 4.62. The van der Waals surface area contributed by atoms with Crippen molar-refractivity contribution < 1.29 is 33.6 Å². The normalized spacial score (nSPS) is 16.8. The monoisotopic (exact) mass is 335 g/mol. The van der Waals surface area contributed by atoms with Gasteiger partial charge in [0.1, 0.15) is 0 Å². The second kappa shape index (κ2) is 7.81. The van der Waals surface area contributed by atoms with Crippen molar-refractivity contribution in [1.82, 2.24) is 15.1 Å². The first kappa shape index (κ1) is 17.1. The summed E-state index contributed by atoms with van der Waals surface area (Å²) in [5.41, 5.74) is 0. The predicted molar refractivity (Wildman–Crippen MR) is 74.0 cm³/mol. The number of hydrogen-bond acceptors (Lipinski definition) is 8. The Kier molecular flexibility index (Phi) is 5.55. The fraction of sp³-hybridized carbons (Fsp3) is 0.286. The van der Waals surface area contributed by atoms with Crippen molar-refractivity contribution in [3.8, 4) is 0 Å². The van der Waals surface area contributed by atoms with Gasteiger partial charge in [0.15, 0.2) is 0 Å². The summed E-state index contributed by atoms with van der Waals surface area (Å²) in [4.78, 5) is 68.1. The van der Waals surface area contributed by atoms with Crippen LogP contribution in [-0.2, 0) is 28.9 Å². The minimum Gasteiger partial charge on any atom is -0.293 e. The Balaban J connectivity index is 0.000000292. The van der Waals surface area contributed by atoms with Gasteiger partial charge in [0, 0.05) is 38.1 Å². The number of carbonyl (C=O) groups is 5. The van der Waals surface area contributed by atoms with Crippen molar-refractivity contribution in [2.24, 2.45) is 0 Å². The molecule has 2 fully saturated rings. The summed E-state index contributed by atoms with van der Waals surface area (Å²) in [6.07, 6.45) is 1.77. The molecule has 0 aliphatic carbocycles. The van der Waals surface area contributed by atoms with Crippen LogP contribution in [0.15, 0.2) is 30.6 Å². The van der Waals surface area contributed by atoms with E-state index in [1.807, 2.05) is 18.2 Å². The molecule has 0 atom stereocenters. The Hall–Kier alpha value is -3.30. The molecule has 10 nitrogen and oxygen atoms in total. The minimum atomic E-state index is -1.48. The maximum atomic E-state index is 11.2. The van der Waals surface area contributed by atoms with Crippen molar-refractivity contribution in [3.05, 3.63) is 30.6 Å². The summed E-state index contributed by atoms with van der Waals surface area (Å²) in [6.45, 7) is 0. The lowest BCUT2D eigenvalue weighted by atomic mass is 10.4. The van der Waals surface area contributed by atoms with Crippen LogP contribution >= 0.6 is 0 Å². The van der Waals surface area contributed by atoms with E-state index in [1.165, 1.54) is 0 Å². The van der Waals surface area contributed by atoms with Crippen molar-refractivity contribution in [1.29, 1.82) is 0 Å². The first-order valence-electron chi connectivity index (χ1n) is 6.95. The average Bonchev–Trinajstić information content (AvgIpc) is 3.07. The first-order chi connectivity index (χ1) is 11.5. The van der Waals surface area contributed by atoms with Gasteiger partial charge in [0.2, 0.25) is 0 Å². The molecule has 0 unspecified atom stereocenters. The summed E-state index contributed by atoms with van der Waals surface area (Å²) >= 11 is 0. The largest absolute Gasteiger partial charge is 0.560 e. The number of hydrogen-bond donors (Lipinski definition) is 0. The number of hydroxylamine groups is 4. The Morgan fingerprint density at radius 1 is 0.750 bits per heavy atom. The van der Waals surface area contributed by atoms with Gasteiger partial charge < -0.3 is 0 Å². The molecule has 1 aromatic rings. The van der Waals surface area contributed by atoms with Gasteiger partial charge in [-0.05, 0) is 12.1 Å². The van der Waals surface area contributed by atoms with Crippen LogP contribution in [0.3, 0.4) is 0 Å². The lowest BCUT2D eigenvalue weighted by Crippen LogP contribution is -2.37. The topological polar surface area (TPSA) is 123 Å². The number of amides is 4. The number of imide groups is 2. The molecule has 0 spiro atoms. The van der Waals surface area contributed by atoms with Crippen LogP contribution in [0.25, 0.3) is 0 Å². The Labute approximate surface area is 135 Å². The average molecular weight is 335 g/mol. The number of rotatable bonds is 2. The molecule has 126 valence electrons. The third kappa shape index (κ3) is 4.35. The Morgan fingerprint density at radius 2 is 1.12 bits per heavy atom. The molecule has 0 saturated carbocycles. The molecule has 0 N–H and O–H groups in total. The standard InChI is InChI=1S/C9H8N2O7.C5H5N/c12-5-1-2-6(13)10(5)17-9(16)18-11-7(14)3-4-8(11)15;1-2-4-6-5-3-1/h1-4H2;1-5H. The quantitative estimate of drug-likeness (QED) is 0.709. The molecule has 2 aliphatic rings. The molecule has 0 bridgehead atoms. The van der Waals surface area contributed by atoms with Gasteiger partial charge >= 0.3 is 6.16 Å². The van der Waals surface area contributed by atoms with E-state index in [4.69, 9.17) is 0 Å². The maximum Gasteiger partial charge on any atom is 0.560 e. The molecule has 1 aromatic heterocycles. The van der Waals surface area contributed by atoms with E-state index < -0.39 is 29.8 Å². The molecule has 2 saturated heterocycles. The zero-order valence-electron chi connectivity index (χ0n) is 12.4. The summed E-state index contributed by atoms with van der Waals surface area (Å²) in [5, 5.41) is 0.515. The summed E-state index contributed by atoms with van der Waals surface area (Å²) < 4.78 is 0. The molecular formula is C14H13N3O7. The number of carbonyl (C=O) groups excluding carboxylic acids is 5. The van der Waals surface area contributed by atoms with Crippen LogP contribution in [0, 0.1) is 0 Å². The minimum absolute atomic E-state index is 0.0618. The van der Waals surface area contributed by atoms with Crippen LogP contribution in [-0.4, -0.2) is 44.9 Å². The van der Waals surface area contributed by atoms with Gasteiger partial charge in [-0.3, -0.25) is 33.8 Å². The fourth-order valence-electron chi connectivity index (χ4n) is 1.79. The fourth-order valence-corrected chi connectivity index (χ4v) is 1.79.